The summed E-state index contributed by atoms with van der Waals surface area (Å²) in [5.74, 6) is -0.553. The maximum absolute atomic E-state index is 12.3. The van der Waals surface area contributed by atoms with Crippen LogP contribution in [0.2, 0.25) is 0 Å². The van der Waals surface area contributed by atoms with Crippen LogP contribution < -0.4 is 19.5 Å². The summed E-state index contributed by atoms with van der Waals surface area (Å²) in [5.41, 5.74) is 0.988. The first kappa shape index (κ1) is 21.0. The van der Waals surface area contributed by atoms with Crippen molar-refractivity contribution in [3.63, 3.8) is 0 Å². The van der Waals surface area contributed by atoms with E-state index in [-0.39, 0.29) is 12.2 Å². The molecular weight excluding hydrogens is 394 g/mol. The largest absolute Gasteiger partial charge is 0.493 e. The number of esters is 2. The fourth-order valence-electron chi connectivity index (χ4n) is 2.71. The second-order valence-electron chi connectivity index (χ2n) is 6.12. The molecule has 2 aromatic rings. The molecule has 0 radical (unpaired) electrons. The number of amides is 1. The molecule has 0 aromatic heterocycles. The average Bonchev–Trinajstić information content (AvgIpc) is 2.77. The summed E-state index contributed by atoms with van der Waals surface area (Å²) < 4.78 is 26.2. The fraction of sp³-hybridized carbons (Fsp3) is 0.286. The van der Waals surface area contributed by atoms with Crippen LogP contribution in [0, 0.1) is 0 Å². The Morgan fingerprint density at radius 2 is 1.67 bits per heavy atom. The van der Waals surface area contributed by atoms with E-state index >= 15 is 0 Å². The number of carbonyl (C=O) groups is 3. The van der Waals surface area contributed by atoms with Gasteiger partial charge >= 0.3 is 11.9 Å². The van der Waals surface area contributed by atoms with Gasteiger partial charge in [0.25, 0.3) is 5.91 Å². The van der Waals surface area contributed by atoms with Gasteiger partial charge in [-0.3, -0.25) is 4.79 Å². The zero-order valence-electron chi connectivity index (χ0n) is 16.6. The van der Waals surface area contributed by atoms with E-state index in [4.69, 9.17) is 23.7 Å². The summed E-state index contributed by atoms with van der Waals surface area (Å²) in [7, 11) is 1.45. The van der Waals surface area contributed by atoms with Gasteiger partial charge in [-0.15, -0.1) is 0 Å². The zero-order chi connectivity index (χ0) is 21.5. The van der Waals surface area contributed by atoms with Gasteiger partial charge in [0.2, 0.25) is 5.75 Å². The van der Waals surface area contributed by atoms with Crippen LogP contribution in [0.25, 0.3) is 0 Å². The van der Waals surface area contributed by atoms with Crippen molar-refractivity contribution in [2.75, 3.05) is 38.9 Å². The Balaban J connectivity index is 1.57. The Labute approximate surface area is 172 Å². The van der Waals surface area contributed by atoms with Crippen LogP contribution >= 0.6 is 0 Å². The van der Waals surface area contributed by atoms with Crippen LogP contribution in [-0.4, -0.2) is 51.4 Å². The number of methoxy groups -OCH3 is 1. The number of benzene rings is 2. The lowest BCUT2D eigenvalue weighted by Gasteiger charge is -2.21. The molecule has 158 valence electrons. The molecule has 1 heterocycles. The van der Waals surface area contributed by atoms with E-state index in [0.717, 1.165) is 0 Å². The predicted octanol–water partition coefficient (Wildman–Crippen LogP) is 2.44. The molecule has 1 amide bonds. The van der Waals surface area contributed by atoms with Gasteiger partial charge in [-0.2, -0.15) is 0 Å². The van der Waals surface area contributed by atoms with Gasteiger partial charge < -0.3 is 29.0 Å². The molecule has 0 aliphatic carbocycles. The van der Waals surface area contributed by atoms with Crippen LogP contribution in [0.15, 0.2) is 36.4 Å². The molecule has 0 saturated carbocycles. The van der Waals surface area contributed by atoms with Crippen LogP contribution in [0.3, 0.4) is 0 Å². The lowest BCUT2D eigenvalue weighted by molar-refractivity contribution is -0.119. The molecule has 3 rings (SSSR count). The summed E-state index contributed by atoms with van der Waals surface area (Å²) in [6, 6.07) is 9.10. The van der Waals surface area contributed by atoms with Crippen LogP contribution in [0.1, 0.15) is 27.6 Å². The Morgan fingerprint density at radius 3 is 2.37 bits per heavy atom. The fourth-order valence-corrected chi connectivity index (χ4v) is 2.71. The number of hydrogen-bond acceptors (Lipinski definition) is 8. The minimum absolute atomic E-state index is 0.169. The Hall–Kier alpha value is -3.75. The van der Waals surface area contributed by atoms with Gasteiger partial charge in [-0.25, -0.2) is 9.59 Å². The van der Waals surface area contributed by atoms with Gasteiger partial charge in [-0.1, -0.05) is 0 Å². The van der Waals surface area contributed by atoms with E-state index in [0.29, 0.717) is 41.7 Å². The van der Waals surface area contributed by atoms with Crippen LogP contribution in [0.5, 0.6) is 17.2 Å². The first-order valence-electron chi connectivity index (χ1n) is 9.23. The molecular formula is C21H21NO8. The highest BCUT2D eigenvalue weighted by Gasteiger charge is 2.22. The van der Waals surface area contributed by atoms with Crippen LogP contribution in [-0.2, 0) is 14.3 Å². The number of ether oxygens (including phenoxy) is 5. The molecule has 0 bridgehead atoms. The molecule has 0 atom stereocenters. The van der Waals surface area contributed by atoms with E-state index in [1.54, 1.807) is 19.1 Å². The minimum Gasteiger partial charge on any atom is -0.493 e. The van der Waals surface area contributed by atoms with Crippen molar-refractivity contribution >= 4 is 23.5 Å². The molecule has 9 nitrogen and oxygen atoms in total. The highest BCUT2D eigenvalue weighted by Crippen LogP contribution is 2.40. The smallest absolute Gasteiger partial charge is 0.338 e. The molecule has 30 heavy (non-hydrogen) atoms. The topological polar surface area (TPSA) is 109 Å². The number of hydrogen-bond donors (Lipinski definition) is 1. The van der Waals surface area contributed by atoms with Crippen molar-refractivity contribution in [3.05, 3.63) is 47.5 Å². The molecule has 0 unspecified atom stereocenters. The van der Waals surface area contributed by atoms with Crippen molar-refractivity contribution in [2.45, 2.75) is 6.92 Å². The van der Waals surface area contributed by atoms with E-state index in [2.05, 4.69) is 5.32 Å². The highest BCUT2D eigenvalue weighted by molar-refractivity contribution is 5.96. The molecule has 0 fully saturated rings. The predicted molar refractivity (Wildman–Crippen MR) is 105 cm³/mol. The van der Waals surface area contributed by atoms with Crippen molar-refractivity contribution < 1.29 is 38.1 Å². The molecule has 2 aromatic carbocycles. The lowest BCUT2D eigenvalue weighted by atomic mass is 10.1. The second-order valence-corrected chi connectivity index (χ2v) is 6.12. The first-order chi connectivity index (χ1) is 14.5. The summed E-state index contributed by atoms with van der Waals surface area (Å²) in [6.07, 6.45) is 0. The van der Waals surface area contributed by atoms with Crippen LogP contribution in [0.4, 0.5) is 5.69 Å². The molecule has 0 saturated heterocycles. The molecule has 0 spiro atoms. The summed E-state index contributed by atoms with van der Waals surface area (Å²) >= 11 is 0. The third-order valence-corrected chi connectivity index (χ3v) is 4.08. The quantitative estimate of drug-likeness (QED) is 0.687. The van der Waals surface area contributed by atoms with Gasteiger partial charge in [0.15, 0.2) is 18.1 Å². The van der Waals surface area contributed by atoms with E-state index in [1.165, 1.54) is 31.4 Å². The molecule has 9 heteroatoms. The second kappa shape index (κ2) is 9.64. The number of carbonyl (C=O) groups excluding carboxylic acids is 3. The number of anilines is 1. The van der Waals surface area contributed by atoms with Crippen molar-refractivity contribution in [1.29, 1.82) is 0 Å². The Kier molecular flexibility index (Phi) is 6.74. The summed E-state index contributed by atoms with van der Waals surface area (Å²) in [6.45, 7) is 2.24. The maximum Gasteiger partial charge on any atom is 0.338 e. The minimum atomic E-state index is -0.710. The normalized spacial score (nSPS) is 11.9. The monoisotopic (exact) mass is 415 g/mol. The molecule has 1 aliphatic rings. The van der Waals surface area contributed by atoms with Gasteiger partial charge in [0, 0.05) is 5.69 Å². The number of fused-ring (bicyclic) bond motifs is 1. The van der Waals surface area contributed by atoms with Gasteiger partial charge in [0.05, 0.1) is 24.8 Å². The Morgan fingerprint density at radius 1 is 0.967 bits per heavy atom. The lowest BCUT2D eigenvalue weighted by Crippen LogP contribution is -2.21. The van der Waals surface area contributed by atoms with Crippen molar-refractivity contribution in [3.8, 4) is 17.2 Å². The summed E-state index contributed by atoms with van der Waals surface area (Å²) in [5, 5.41) is 2.58. The van der Waals surface area contributed by atoms with E-state index < -0.39 is 24.5 Å². The SMILES string of the molecule is CCOC(=O)c1ccc(NC(=O)COC(=O)c2cc(OC)c3c(c2)OCCO3)cc1. The number of rotatable bonds is 7. The van der Waals surface area contributed by atoms with Crippen molar-refractivity contribution in [2.24, 2.45) is 0 Å². The Bertz CT molecular complexity index is 922. The maximum atomic E-state index is 12.3. The standard InChI is InChI=1S/C21H21NO8/c1-3-27-20(24)13-4-6-15(7-5-13)22-18(23)12-30-21(25)14-10-16(26-2)19-17(11-14)28-8-9-29-19/h4-7,10-11H,3,8-9,12H2,1-2H3,(H,22,23). The molecule has 1 N–H and O–H groups in total. The zero-order valence-corrected chi connectivity index (χ0v) is 16.6. The van der Waals surface area contributed by atoms with Gasteiger partial charge in [-0.05, 0) is 43.3 Å². The average molecular weight is 415 g/mol. The highest BCUT2D eigenvalue weighted by atomic mass is 16.6. The van der Waals surface area contributed by atoms with E-state index in [9.17, 15) is 14.4 Å². The third kappa shape index (κ3) is 4.99. The first-order valence-corrected chi connectivity index (χ1v) is 9.23. The third-order valence-electron chi connectivity index (χ3n) is 4.08. The number of nitrogens with one attached hydrogen (secondary N) is 1. The van der Waals surface area contributed by atoms with Gasteiger partial charge in [0.1, 0.15) is 13.2 Å². The van der Waals surface area contributed by atoms with E-state index in [1.807, 2.05) is 0 Å². The molecule has 1 aliphatic heterocycles. The summed E-state index contributed by atoms with van der Waals surface area (Å²) in [4.78, 5) is 36.0. The van der Waals surface area contributed by atoms with Crippen molar-refractivity contribution in [1.82, 2.24) is 0 Å².